The van der Waals surface area contributed by atoms with E-state index in [2.05, 4.69) is 16.1 Å². The lowest BCUT2D eigenvalue weighted by molar-refractivity contribution is 0.0401. The predicted molar refractivity (Wildman–Crippen MR) is 116 cm³/mol. The molecule has 0 amide bonds. The van der Waals surface area contributed by atoms with Gasteiger partial charge < -0.3 is 18.9 Å². The van der Waals surface area contributed by atoms with Crippen molar-refractivity contribution >= 4 is 18.4 Å². The number of carbonyl (C=O) groups excluding carboxylic acids is 2. The Morgan fingerprint density at radius 2 is 1.43 bits per heavy atom. The second kappa shape index (κ2) is 15.4. The Kier molecular flexibility index (Phi) is 12.6. The standard InChI is InChI=1S/2C12H14O3/c1-3-11(15-12(13)14-4-2)10-8-6-5-7-9-10;1-2-14-12(13)15-10-6-9-11-7-4-3-5-8-11/h3,5-9,11H,1,4H2,2H3;3-9H,2,10H2,1H3/b;9-6+. The van der Waals surface area contributed by atoms with Gasteiger partial charge in [-0.3, -0.25) is 0 Å². The minimum atomic E-state index is -0.675. The molecule has 0 aliphatic carbocycles. The van der Waals surface area contributed by atoms with E-state index < -0.39 is 18.4 Å². The molecule has 0 fully saturated rings. The summed E-state index contributed by atoms with van der Waals surface area (Å²) >= 11 is 0. The first-order chi connectivity index (χ1) is 14.6. The minimum Gasteiger partial charge on any atom is -0.435 e. The average molecular weight is 412 g/mol. The van der Waals surface area contributed by atoms with Crippen molar-refractivity contribution in [1.29, 1.82) is 0 Å². The number of carbonyl (C=O) groups is 2. The van der Waals surface area contributed by atoms with E-state index in [1.165, 1.54) is 0 Å². The molecule has 0 aliphatic rings. The van der Waals surface area contributed by atoms with Gasteiger partial charge in [0.25, 0.3) is 0 Å². The molecule has 1 unspecified atom stereocenters. The molecule has 160 valence electrons. The van der Waals surface area contributed by atoms with E-state index >= 15 is 0 Å². The molecule has 2 aromatic carbocycles. The van der Waals surface area contributed by atoms with Gasteiger partial charge in [-0.05, 0) is 37.1 Å². The molecule has 0 aromatic heterocycles. The molecule has 0 N–H and O–H groups in total. The topological polar surface area (TPSA) is 71.1 Å². The molecule has 0 spiro atoms. The summed E-state index contributed by atoms with van der Waals surface area (Å²) in [4.78, 5) is 21.9. The van der Waals surface area contributed by atoms with Gasteiger partial charge in [-0.2, -0.15) is 0 Å². The third-order valence-corrected chi connectivity index (χ3v) is 3.50. The summed E-state index contributed by atoms with van der Waals surface area (Å²) in [7, 11) is 0. The largest absolute Gasteiger partial charge is 0.509 e. The maximum Gasteiger partial charge on any atom is 0.509 e. The molecular weight excluding hydrogens is 384 g/mol. The SMILES string of the molecule is C=CC(OC(=O)OCC)c1ccccc1.CCOC(=O)OC/C=C/c1ccccc1. The highest BCUT2D eigenvalue weighted by molar-refractivity contribution is 5.61. The summed E-state index contributed by atoms with van der Waals surface area (Å²) in [6.07, 6.45) is 3.46. The van der Waals surface area contributed by atoms with Crippen LogP contribution in [0.25, 0.3) is 6.08 Å². The number of ether oxygens (including phenoxy) is 4. The number of hydrogen-bond acceptors (Lipinski definition) is 6. The zero-order valence-corrected chi connectivity index (χ0v) is 17.4. The fraction of sp³-hybridized carbons (Fsp3) is 0.250. The maximum atomic E-state index is 11.1. The van der Waals surface area contributed by atoms with Crippen LogP contribution < -0.4 is 0 Å². The van der Waals surface area contributed by atoms with Crippen LogP contribution in [0.1, 0.15) is 31.1 Å². The lowest BCUT2D eigenvalue weighted by Crippen LogP contribution is -2.11. The van der Waals surface area contributed by atoms with Crippen LogP contribution in [0.2, 0.25) is 0 Å². The van der Waals surface area contributed by atoms with Gasteiger partial charge in [-0.1, -0.05) is 73.3 Å². The highest BCUT2D eigenvalue weighted by atomic mass is 16.7. The Hall–Kier alpha value is -3.54. The summed E-state index contributed by atoms with van der Waals surface area (Å²) in [6, 6.07) is 19.2. The Balaban J connectivity index is 0.000000300. The van der Waals surface area contributed by atoms with Crippen molar-refractivity contribution in [2.45, 2.75) is 20.0 Å². The number of rotatable bonds is 8. The lowest BCUT2D eigenvalue weighted by Gasteiger charge is -2.13. The highest BCUT2D eigenvalue weighted by Crippen LogP contribution is 2.18. The number of benzene rings is 2. The quantitative estimate of drug-likeness (QED) is 0.393. The zero-order valence-electron chi connectivity index (χ0n) is 17.4. The van der Waals surface area contributed by atoms with E-state index in [0.717, 1.165) is 11.1 Å². The first-order valence-corrected chi connectivity index (χ1v) is 9.62. The summed E-state index contributed by atoms with van der Waals surface area (Å²) < 4.78 is 19.1. The molecule has 0 saturated heterocycles. The van der Waals surface area contributed by atoms with Gasteiger partial charge in [0.2, 0.25) is 0 Å². The van der Waals surface area contributed by atoms with Gasteiger partial charge in [0.1, 0.15) is 12.7 Å². The summed E-state index contributed by atoms with van der Waals surface area (Å²) in [6.45, 7) is 7.95. The van der Waals surface area contributed by atoms with Crippen molar-refractivity contribution in [3.63, 3.8) is 0 Å². The third kappa shape index (κ3) is 10.7. The van der Waals surface area contributed by atoms with Crippen molar-refractivity contribution in [2.75, 3.05) is 19.8 Å². The van der Waals surface area contributed by atoms with Crippen molar-refractivity contribution < 1.29 is 28.5 Å². The molecule has 0 radical (unpaired) electrons. The second-order valence-electron chi connectivity index (χ2n) is 5.67. The normalized spacial score (nSPS) is 10.9. The van der Waals surface area contributed by atoms with Crippen LogP contribution in [0.5, 0.6) is 0 Å². The van der Waals surface area contributed by atoms with E-state index in [0.29, 0.717) is 13.2 Å². The van der Waals surface area contributed by atoms with Gasteiger partial charge in [0, 0.05) is 0 Å². The smallest absolute Gasteiger partial charge is 0.435 e. The van der Waals surface area contributed by atoms with Gasteiger partial charge >= 0.3 is 12.3 Å². The van der Waals surface area contributed by atoms with Crippen LogP contribution in [0.4, 0.5) is 9.59 Å². The predicted octanol–water partition coefficient (Wildman–Crippen LogP) is 5.96. The minimum absolute atomic E-state index is 0.230. The number of hydrogen-bond donors (Lipinski definition) is 0. The van der Waals surface area contributed by atoms with E-state index in [1.807, 2.05) is 66.7 Å². The van der Waals surface area contributed by atoms with Crippen LogP contribution in [0.15, 0.2) is 79.4 Å². The first kappa shape index (κ1) is 24.5. The fourth-order valence-electron chi connectivity index (χ4n) is 2.17. The van der Waals surface area contributed by atoms with Crippen molar-refractivity contribution in [3.05, 3.63) is 90.5 Å². The van der Waals surface area contributed by atoms with Crippen LogP contribution >= 0.6 is 0 Å². The third-order valence-electron chi connectivity index (χ3n) is 3.50. The monoisotopic (exact) mass is 412 g/mol. The molecular formula is C24H28O6. The first-order valence-electron chi connectivity index (χ1n) is 9.62. The average Bonchev–Trinajstić information content (AvgIpc) is 2.77. The van der Waals surface area contributed by atoms with E-state index in [-0.39, 0.29) is 6.61 Å². The summed E-state index contributed by atoms with van der Waals surface area (Å²) in [5, 5.41) is 0. The molecule has 0 aliphatic heterocycles. The molecule has 2 aromatic rings. The van der Waals surface area contributed by atoms with Crippen LogP contribution in [-0.2, 0) is 18.9 Å². The molecule has 30 heavy (non-hydrogen) atoms. The maximum absolute atomic E-state index is 11.1. The van der Waals surface area contributed by atoms with E-state index in [4.69, 9.17) is 9.47 Å². The lowest BCUT2D eigenvalue weighted by atomic mass is 10.1. The fourth-order valence-corrected chi connectivity index (χ4v) is 2.17. The molecule has 2 rings (SSSR count). The highest BCUT2D eigenvalue weighted by Gasteiger charge is 2.13. The van der Waals surface area contributed by atoms with E-state index in [9.17, 15) is 9.59 Å². The van der Waals surface area contributed by atoms with Crippen LogP contribution in [0, 0.1) is 0 Å². The Morgan fingerprint density at radius 1 is 0.867 bits per heavy atom. The Bertz CT molecular complexity index is 771. The van der Waals surface area contributed by atoms with Gasteiger partial charge in [0.05, 0.1) is 13.2 Å². The molecule has 0 saturated carbocycles. The van der Waals surface area contributed by atoms with E-state index in [1.54, 1.807) is 26.0 Å². The van der Waals surface area contributed by atoms with Crippen molar-refractivity contribution in [1.82, 2.24) is 0 Å². The second-order valence-corrected chi connectivity index (χ2v) is 5.67. The molecule has 6 nitrogen and oxygen atoms in total. The van der Waals surface area contributed by atoms with Crippen molar-refractivity contribution in [2.24, 2.45) is 0 Å². The Morgan fingerprint density at radius 3 is 2.00 bits per heavy atom. The van der Waals surface area contributed by atoms with Gasteiger partial charge in [-0.25, -0.2) is 9.59 Å². The zero-order chi connectivity index (χ0) is 22.0. The molecule has 0 bridgehead atoms. The van der Waals surface area contributed by atoms with Crippen LogP contribution in [-0.4, -0.2) is 32.1 Å². The molecule has 0 heterocycles. The molecule has 6 heteroatoms. The van der Waals surface area contributed by atoms with Gasteiger partial charge in [-0.15, -0.1) is 0 Å². The van der Waals surface area contributed by atoms with Gasteiger partial charge in [0.15, 0.2) is 0 Å². The van der Waals surface area contributed by atoms with Crippen molar-refractivity contribution in [3.8, 4) is 0 Å². The summed E-state index contributed by atoms with van der Waals surface area (Å²) in [5.74, 6) is 0. The van der Waals surface area contributed by atoms with Crippen LogP contribution in [0.3, 0.4) is 0 Å². The molecule has 1 atom stereocenters. The summed E-state index contributed by atoms with van der Waals surface area (Å²) in [5.41, 5.74) is 1.95. The Labute approximate surface area is 177 Å².